The van der Waals surface area contributed by atoms with Crippen molar-refractivity contribution < 1.29 is 19.1 Å². The van der Waals surface area contributed by atoms with Gasteiger partial charge in [-0.2, -0.15) is 0 Å². The van der Waals surface area contributed by atoms with Crippen molar-refractivity contribution in [2.45, 2.75) is 19.1 Å². The highest BCUT2D eigenvalue weighted by atomic mass is 16.5. The molecule has 1 atom stereocenters. The third-order valence-corrected chi connectivity index (χ3v) is 3.64. The van der Waals surface area contributed by atoms with Crippen molar-refractivity contribution in [2.24, 2.45) is 0 Å². The molecule has 0 saturated carbocycles. The van der Waals surface area contributed by atoms with Gasteiger partial charge in [-0.15, -0.1) is 0 Å². The van der Waals surface area contributed by atoms with Crippen LogP contribution in [0.1, 0.15) is 22.3 Å². The number of hydrogen-bond acceptors (Lipinski definition) is 4. The first-order valence-electron chi connectivity index (χ1n) is 7.29. The predicted molar refractivity (Wildman–Crippen MR) is 82.3 cm³/mol. The number of hydrogen-bond donors (Lipinski definition) is 0. The summed E-state index contributed by atoms with van der Waals surface area (Å²) in [5, 5.41) is 0. The summed E-state index contributed by atoms with van der Waals surface area (Å²) in [5.74, 6) is -1.40. The number of nitrogens with zero attached hydrogens (tertiary/aromatic N) is 1. The van der Waals surface area contributed by atoms with Crippen molar-refractivity contribution in [2.75, 3.05) is 0 Å². The van der Waals surface area contributed by atoms with Crippen LogP contribution in [0.3, 0.4) is 0 Å². The Labute approximate surface area is 133 Å². The zero-order chi connectivity index (χ0) is 16.2. The molecule has 2 aromatic carbocycles. The fourth-order valence-electron chi connectivity index (χ4n) is 2.45. The molecule has 1 fully saturated rings. The van der Waals surface area contributed by atoms with Gasteiger partial charge in [0.2, 0.25) is 5.91 Å². The Kier molecular flexibility index (Phi) is 4.19. The maximum Gasteiger partial charge on any atom is 0.338 e. The number of likely N-dealkylation sites (tertiary alicyclic amines) is 1. The molecule has 1 aliphatic heterocycles. The second kappa shape index (κ2) is 6.44. The number of carbonyl (C=O) groups is 3. The summed E-state index contributed by atoms with van der Waals surface area (Å²) in [6.45, 7) is 0.192. The summed E-state index contributed by atoms with van der Waals surface area (Å²) in [5.41, 5.74) is 1.21. The molecule has 5 heteroatoms. The zero-order valence-corrected chi connectivity index (χ0v) is 12.3. The van der Waals surface area contributed by atoms with Gasteiger partial charge in [0, 0.05) is 0 Å². The fraction of sp³-hybridized carbons (Fsp3) is 0.167. The van der Waals surface area contributed by atoms with E-state index in [9.17, 15) is 14.4 Å². The molecular weight excluding hydrogens is 294 g/mol. The second-order valence-corrected chi connectivity index (χ2v) is 5.27. The molecule has 0 spiro atoms. The van der Waals surface area contributed by atoms with Gasteiger partial charge in [-0.25, -0.2) is 4.79 Å². The molecule has 0 aromatic heterocycles. The first-order chi connectivity index (χ1) is 11.1. The molecule has 5 nitrogen and oxygen atoms in total. The van der Waals surface area contributed by atoms with E-state index in [1.807, 2.05) is 30.3 Å². The van der Waals surface area contributed by atoms with Crippen LogP contribution in [0.4, 0.5) is 0 Å². The number of ether oxygens (including phenoxy) is 1. The standard InChI is InChI=1S/C18H15NO4/c20-16-11-15(23-18(22)14-9-5-2-6-10-14)17(21)19(16)12-13-7-3-1-4-8-13/h1-10,15H,11-12H2. The number of esters is 1. The quantitative estimate of drug-likeness (QED) is 0.641. The third kappa shape index (κ3) is 3.29. The van der Waals surface area contributed by atoms with Crippen LogP contribution in [0.25, 0.3) is 0 Å². The summed E-state index contributed by atoms with van der Waals surface area (Å²) in [7, 11) is 0. The van der Waals surface area contributed by atoms with E-state index in [1.54, 1.807) is 30.3 Å². The Bertz CT molecular complexity index is 727. The Morgan fingerprint density at radius 3 is 2.26 bits per heavy atom. The summed E-state index contributed by atoms with van der Waals surface area (Å²) in [6, 6.07) is 17.6. The lowest BCUT2D eigenvalue weighted by Gasteiger charge is -2.15. The highest BCUT2D eigenvalue weighted by Crippen LogP contribution is 2.20. The van der Waals surface area contributed by atoms with E-state index in [2.05, 4.69) is 0 Å². The van der Waals surface area contributed by atoms with Crippen LogP contribution in [-0.4, -0.2) is 28.8 Å². The van der Waals surface area contributed by atoms with E-state index in [4.69, 9.17) is 4.74 Å². The molecule has 23 heavy (non-hydrogen) atoms. The van der Waals surface area contributed by atoms with Crippen molar-refractivity contribution in [3.05, 3.63) is 71.8 Å². The zero-order valence-electron chi connectivity index (χ0n) is 12.3. The molecule has 0 bridgehead atoms. The molecule has 1 aliphatic rings. The normalized spacial score (nSPS) is 17.4. The Balaban J connectivity index is 1.68. The summed E-state index contributed by atoms with van der Waals surface area (Å²) < 4.78 is 5.20. The average molecular weight is 309 g/mol. The maximum absolute atomic E-state index is 12.3. The van der Waals surface area contributed by atoms with Crippen LogP contribution < -0.4 is 0 Å². The predicted octanol–water partition coefficient (Wildman–Crippen LogP) is 2.17. The van der Waals surface area contributed by atoms with Gasteiger partial charge in [-0.1, -0.05) is 48.5 Å². The van der Waals surface area contributed by atoms with Gasteiger partial charge in [0.05, 0.1) is 18.5 Å². The van der Waals surface area contributed by atoms with Crippen LogP contribution in [0.15, 0.2) is 60.7 Å². The molecule has 2 amide bonds. The molecule has 0 N–H and O–H groups in total. The molecule has 1 saturated heterocycles. The van der Waals surface area contributed by atoms with E-state index in [0.717, 1.165) is 10.5 Å². The maximum atomic E-state index is 12.3. The van der Waals surface area contributed by atoms with Crippen LogP contribution in [0.2, 0.25) is 0 Å². The summed E-state index contributed by atoms with van der Waals surface area (Å²) in [6.07, 6.45) is -1.15. The molecule has 116 valence electrons. The van der Waals surface area contributed by atoms with E-state index in [1.165, 1.54) is 0 Å². The molecule has 1 unspecified atom stereocenters. The molecular formula is C18H15NO4. The largest absolute Gasteiger partial charge is 0.448 e. The van der Waals surface area contributed by atoms with Crippen LogP contribution in [0, 0.1) is 0 Å². The van der Waals surface area contributed by atoms with Crippen molar-refractivity contribution >= 4 is 17.8 Å². The highest BCUT2D eigenvalue weighted by molar-refractivity contribution is 6.06. The Morgan fingerprint density at radius 1 is 1.00 bits per heavy atom. The lowest BCUT2D eigenvalue weighted by molar-refractivity contribution is -0.141. The van der Waals surface area contributed by atoms with E-state index in [0.29, 0.717) is 5.56 Å². The van der Waals surface area contributed by atoms with Gasteiger partial charge in [-0.05, 0) is 17.7 Å². The first kappa shape index (κ1) is 15.0. The Hall–Kier alpha value is -2.95. The van der Waals surface area contributed by atoms with Gasteiger partial charge in [0.25, 0.3) is 5.91 Å². The number of imide groups is 1. The molecule has 1 heterocycles. The second-order valence-electron chi connectivity index (χ2n) is 5.27. The summed E-state index contributed by atoms with van der Waals surface area (Å²) in [4.78, 5) is 37.5. The fourth-order valence-corrected chi connectivity index (χ4v) is 2.45. The number of benzene rings is 2. The first-order valence-corrected chi connectivity index (χ1v) is 7.29. The van der Waals surface area contributed by atoms with Gasteiger partial charge >= 0.3 is 5.97 Å². The van der Waals surface area contributed by atoms with E-state index in [-0.39, 0.29) is 18.9 Å². The molecule has 2 aromatic rings. The lowest BCUT2D eigenvalue weighted by atomic mass is 10.2. The minimum absolute atomic E-state index is 0.107. The highest BCUT2D eigenvalue weighted by Gasteiger charge is 2.41. The molecule has 0 radical (unpaired) electrons. The van der Waals surface area contributed by atoms with Gasteiger partial charge in [0.15, 0.2) is 6.10 Å². The SMILES string of the molecule is O=C(OC1CC(=O)N(Cc2ccccc2)C1=O)c1ccccc1. The number of amides is 2. The third-order valence-electron chi connectivity index (χ3n) is 3.64. The number of carbonyl (C=O) groups excluding carboxylic acids is 3. The van der Waals surface area contributed by atoms with E-state index < -0.39 is 18.0 Å². The van der Waals surface area contributed by atoms with Crippen LogP contribution in [-0.2, 0) is 20.9 Å². The average Bonchev–Trinajstić information content (AvgIpc) is 2.84. The minimum Gasteiger partial charge on any atom is -0.448 e. The van der Waals surface area contributed by atoms with Gasteiger partial charge < -0.3 is 4.74 Å². The van der Waals surface area contributed by atoms with Crippen LogP contribution in [0.5, 0.6) is 0 Å². The molecule has 0 aliphatic carbocycles. The van der Waals surface area contributed by atoms with Crippen molar-refractivity contribution in [1.29, 1.82) is 0 Å². The van der Waals surface area contributed by atoms with Crippen molar-refractivity contribution in [1.82, 2.24) is 4.90 Å². The summed E-state index contributed by atoms with van der Waals surface area (Å²) >= 11 is 0. The minimum atomic E-state index is -1.04. The number of rotatable bonds is 4. The monoisotopic (exact) mass is 309 g/mol. The van der Waals surface area contributed by atoms with Crippen molar-refractivity contribution in [3.63, 3.8) is 0 Å². The topological polar surface area (TPSA) is 63.7 Å². The smallest absolute Gasteiger partial charge is 0.338 e. The molecule has 3 rings (SSSR count). The lowest BCUT2D eigenvalue weighted by Crippen LogP contribution is -2.33. The van der Waals surface area contributed by atoms with Gasteiger partial charge in [0.1, 0.15) is 0 Å². The van der Waals surface area contributed by atoms with Crippen molar-refractivity contribution in [3.8, 4) is 0 Å². The van der Waals surface area contributed by atoms with E-state index >= 15 is 0 Å². The Morgan fingerprint density at radius 2 is 1.61 bits per heavy atom. The van der Waals surface area contributed by atoms with Crippen LogP contribution >= 0.6 is 0 Å². The van der Waals surface area contributed by atoms with Gasteiger partial charge in [-0.3, -0.25) is 14.5 Å².